The van der Waals surface area contributed by atoms with E-state index in [0.717, 1.165) is 21.7 Å². The molecule has 0 aliphatic carbocycles. The fraction of sp³-hybridized carbons (Fsp3) is 0.192. The number of thiophene rings is 1. The molecule has 0 unspecified atom stereocenters. The van der Waals surface area contributed by atoms with Crippen LogP contribution >= 0.6 is 22.9 Å². The lowest BCUT2D eigenvalue weighted by Gasteiger charge is -2.43. The van der Waals surface area contributed by atoms with E-state index in [2.05, 4.69) is 10.4 Å². The van der Waals surface area contributed by atoms with Gasteiger partial charge >= 0.3 is 0 Å². The summed E-state index contributed by atoms with van der Waals surface area (Å²) >= 11 is 7.65. The molecule has 3 heterocycles. The van der Waals surface area contributed by atoms with Crippen LogP contribution in [-0.2, 0) is 17.9 Å². The average molecular weight is 491 g/mol. The minimum Gasteiger partial charge on any atom is -0.350 e. The molecular formula is C26H23ClN4O2S. The van der Waals surface area contributed by atoms with Crippen LogP contribution in [0, 0.1) is 6.92 Å². The zero-order valence-corrected chi connectivity index (χ0v) is 20.4. The highest BCUT2D eigenvalue weighted by Crippen LogP contribution is 2.35. The maximum absolute atomic E-state index is 13.8. The van der Waals surface area contributed by atoms with Gasteiger partial charge in [-0.25, -0.2) is 0 Å². The number of carbonyl (C=O) groups excluding carboxylic acids is 2. The zero-order chi connectivity index (χ0) is 23.9. The van der Waals surface area contributed by atoms with E-state index in [1.807, 2.05) is 48.7 Å². The number of carbonyl (C=O) groups is 2. The van der Waals surface area contributed by atoms with Crippen molar-refractivity contribution < 1.29 is 9.59 Å². The normalized spacial score (nSPS) is 17.5. The number of nitrogens with one attached hydrogen (secondary N) is 1. The Morgan fingerprint density at radius 3 is 2.56 bits per heavy atom. The van der Waals surface area contributed by atoms with E-state index in [1.165, 1.54) is 0 Å². The standard InChI is InChI=1S/C26H23ClN4O2S/c1-17-5-7-18(8-6-17)15-28-25(33)26(2)16-30-22(14-21(29-30)23-4-3-13-34-23)24(32)31(26)20-11-9-19(27)10-12-20/h3-14H,15-16H2,1-2H3,(H,28,33)/t26-/m0/s1. The highest BCUT2D eigenvalue weighted by atomic mass is 35.5. The summed E-state index contributed by atoms with van der Waals surface area (Å²) in [4.78, 5) is 29.9. The first-order chi connectivity index (χ1) is 16.3. The van der Waals surface area contributed by atoms with Gasteiger partial charge < -0.3 is 5.32 Å². The molecule has 0 saturated heterocycles. The van der Waals surface area contributed by atoms with Crippen LogP contribution in [0.15, 0.2) is 72.1 Å². The highest BCUT2D eigenvalue weighted by molar-refractivity contribution is 7.13. The third-order valence-corrected chi connectivity index (χ3v) is 7.22. The lowest BCUT2D eigenvalue weighted by molar-refractivity contribution is -0.126. The quantitative estimate of drug-likeness (QED) is 0.412. The fourth-order valence-electron chi connectivity index (χ4n) is 4.20. The van der Waals surface area contributed by atoms with Gasteiger partial charge in [0.05, 0.1) is 11.4 Å². The van der Waals surface area contributed by atoms with Crippen molar-refractivity contribution in [2.24, 2.45) is 0 Å². The molecule has 2 amide bonds. The van der Waals surface area contributed by atoms with Gasteiger partial charge in [0.25, 0.3) is 5.91 Å². The molecule has 34 heavy (non-hydrogen) atoms. The molecule has 172 valence electrons. The molecule has 4 aromatic rings. The van der Waals surface area contributed by atoms with E-state index < -0.39 is 5.54 Å². The number of aromatic nitrogens is 2. The van der Waals surface area contributed by atoms with Crippen LogP contribution in [0.3, 0.4) is 0 Å². The second kappa shape index (κ2) is 8.74. The van der Waals surface area contributed by atoms with Crippen molar-refractivity contribution in [1.82, 2.24) is 15.1 Å². The van der Waals surface area contributed by atoms with Crippen LogP contribution in [0.2, 0.25) is 5.02 Å². The first-order valence-electron chi connectivity index (χ1n) is 10.9. The van der Waals surface area contributed by atoms with Gasteiger partial charge in [0.1, 0.15) is 16.9 Å². The molecule has 5 rings (SSSR count). The third-order valence-electron chi connectivity index (χ3n) is 6.07. The van der Waals surface area contributed by atoms with E-state index >= 15 is 0 Å². The SMILES string of the molecule is Cc1ccc(CNC(=O)[C@]2(C)Cn3nc(-c4cccs4)cc3C(=O)N2c2ccc(Cl)cc2)cc1. The summed E-state index contributed by atoms with van der Waals surface area (Å²) in [6, 6.07) is 20.7. The molecule has 1 aliphatic rings. The summed E-state index contributed by atoms with van der Waals surface area (Å²) in [7, 11) is 0. The summed E-state index contributed by atoms with van der Waals surface area (Å²) < 4.78 is 1.65. The number of halogens is 1. The van der Waals surface area contributed by atoms with Crippen molar-refractivity contribution in [1.29, 1.82) is 0 Å². The van der Waals surface area contributed by atoms with Crippen LogP contribution in [0.5, 0.6) is 0 Å². The summed E-state index contributed by atoms with van der Waals surface area (Å²) in [5.74, 6) is -0.535. The summed E-state index contributed by atoms with van der Waals surface area (Å²) in [6.07, 6.45) is 0. The first-order valence-corrected chi connectivity index (χ1v) is 12.2. The molecule has 1 aliphatic heterocycles. The largest absolute Gasteiger partial charge is 0.350 e. The topological polar surface area (TPSA) is 67.2 Å². The van der Waals surface area contributed by atoms with E-state index in [4.69, 9.17) is 11.6 Å². The van der Waals surface area contributed by atoms with Gasteiger partial charge in [-0.15, -0.1) is 11.3 Å². The molecule has 0 saturated carbocycles. The monoisotopic (exact) mass is 490 g/mol. The van der Waals surface area contributed by atoms with Gasteiger partial charge in [-0.3, -0.25) is 19.2 Å². The number of hydrogen-bond donors (Lipinski definition) is 1. The first kappa shape index (κ1) is 22.4. The van der Waals surface area contributed by atoms with Crippen molar-refractivity contribution in [3.63, 3.8) is 0 Å². The molecule has 1 N–H and O–H groups in total. The molecule has 0 bridgehead atoms. The highest BCUT2D eigenvalue weighted by Gasteiger charge is 2.48. The number of anilines is 1. The maximum Gasteiger partial charge on any atom is 0.277 e. The van der Waals surface area contributed by atoms with Crippen LogP contribution in [0.4, 0.5) is 5.69 Å². The molecule has 0 fully saturated rings. The molecular weight excluding hydrogens is 468 g/mol. The Morgan fingerprint density at radius 1 is 1.15 bits per heavy atom. The lowest BCUT2D eigenvalue weighted by atomic mass is 9.94. The second-order valence-corrected chi connectivity index (χ2v) is 9.99. The van der Waals surface area contributed by atoms with Crippen LogP contribution in [0.25, 0.3) is 10.6 Å². The molecule has 6 nitrogen and oxygen atoms in total. The van der Waals surface area contributed by atoms with Crippen molar-refractivity contribution in [2.75, 3.05) is 4.90 Å². The smallest absolute Gasteiger partial charge is 0.277 e. The summed E-state index contributed by atoms with van der Waals surface area (Å²) in [6.45, 7) is 4.39. The Hall–Kier alpha value is -3.42. The lowest BCUT2D eigenvalue weighted by Crippen LogP contribution is -2.64. The number of hydrogen-bond acceptors (Lipinski definition) is 4. The second-order valence-electron chi connectivity index (χ2n) is 8.61. The van der Waals surface area contributed by atoms with E-state index in [1.54, 1.807) is 58.2 Å². The van der Waals surface area contributed by atoms with Gasteiger partial charge in [-0.2, -0.15) is 5.10 Å². The number of fused-ring (bicyclic) bond motifs is 1. The maximum atomic E-state index is 13.8. The number of aryl methyl sites for hydroxylation is 1. The number of amides is 2. The van der Waals surface area contributed by atoms with Crippen molar-refractivity contribution >= 4 is 40.4 Å². The van der Waals surface area contributed by atoms with Crippen molar-refractivity contribution in [2.45, 2.75) is 32.5 Å². The van der Waals surface area contributed by atoms with Gasteiger partial charge in [0.15, 0.2) is 0 Å². The number of rotatable bonds is 5. The minimum absolute atomic E-state index is 0.224. The molecule has 1 atom stereocenters. The third kappa shape index (κ3) is 4.02. The molecule has 2 aromatic carbocycles. The molecule has 0 radical (unpaired) electrons. The van der Waals surface area contributed by atoms with E-state index in [9.17, 15) is 9.59 Å². The molecule has 2 aromatic heterocycles. The Bertz CT molecular complexity index is 1350. The summed E-state index contributed by atoms with van der Waals surface area (Å²) in [5, 5.41) is 10.2. The number of benzene rings is 2. The molecule has 0 spiro atoms. The van der Waals surface area contributed by atoms with Crippen molar-refractivity contribution in [3.05, 3.63) is 94.0 Å². The zero-order valence-electron chi connectivity index (χ0n) is 18.8. The average Bonchev–Trinajstić information content (AvgIpc) is 3.50. The van der Waals surface area contributed by atoms with Crippen LogP contribution < -0.4 is 10.2 Å². The summed E-state index contributed by atoms with van der Waals surface area (Å²) in [5.41, 5.74) is 2.72. The van der Waals surface area contributed by atoms with Gasteiger partial charge in [-0.05, 0) is 61.2 Å². The van der Waals surface area contributed by atoms with E-state index in [-0.39, 0.29) is 18.4 Å². The van der Waals surface area contributed by atoms with Crippen LogP contribution in [-0.4, -0.2) is 27.1 Å². The predicted molar refractivity (Wildman–Crippen MR) is 135 cm³/mol. The van der Waals surface area contributed by atoms with Gasteiger partial charge in [0.2, 0.25) is 5.91 Å². The van der Waals surface area contributed by atoms with E-state index in [0.29, 0.717) is 22.9 Å². The molecule has 8 heteroatoms. The predicted octanol–water partition coefficient (Wildman–Crippen LogP) is 5.31. The van der Waals surface area contributed by atoms with Gasteiger partial charge in [0, 0.05) is 17.3 Å². The Kier molecular flexibility index (Phi) is 5.75. The van der Waals surface area contributed by atoms with Crippen molar-refractivity contribution in [3.8, 4) is 10.6 Å². The fourth-order valence-corrected chi connectivity index (χ4v) is 5.01. The Morgan fingerprint density at radius 2 is 1.88 bits per heavy atom. The number of nitrogens with zero attached hydrogens (tertiary/aromatic N) is 3. The minimum atomic E-state index is -1.19. The van der Waals surface area contributed by atoms with Crippen LogP contribution in [0.1, 0.15) is 28.5 Å². The Balaban J connectivity index is 1.52. The van der Waals surface area contributed by atoms with Gasteiger partial charge in [-0.1, -0.05) is 47.5 Å². The Labute approximate surface area is 206 Å².